The summed E-state index contributed by atoms with van der Waals surface area (Å²) in [4.78, 5) is 14.5. The summed E-state index contributed by atoms with van der Waals surface area (Å²) in [5, 5.41) is 3.03. The number of carbonyl (C=O) groups excluding carboxylic acids is 1. The van der Waals surface area contributed by atoms with E-state index in [0.29, 0.717) is 5.92 Å². The molecule has 1 aromatic carbocycles. The second-order valence-corrected chi connectivity index (χ2v) is 5.69. The topological polar surface area (TPSA) is 32.3 Å². The molecule has 1 saturated heterocycles. The van der Waals surface area contributed by atoms with E-state index in [2.05, 4.69) is 36.2 Å². The molecule has 19 heavy (non-hydrogen) atoms. The fourth-order valence-electron chi connectivity index (χ4n) is 2.52. The lowest BCUT2D eigenvalue weighted by molar-refractivity contribution is -0.120. The van der Waals surface area contributed by atoms with Crippen LogP contribution in [0.15, 0.2) is 24.3 Å². The molecule has 1 aliphatic heterocycles. The van der Waals surface area contributed by atoms with Crippen molar-refractivity contribution in [3.05, 3.63) is 29.8 Å². The fraction of sp³-hybridized carbons (Fsp3) is 0.562. The number of hydrogen-bond donors (Lipinski definition) is 1. The first-order valence-corrected chi connectivity index (χ1v) is 7.23. The highest BCUT2D eigenvalue weighted by atomic mass is 16.2. The molecule has 2 rings (SSSR count). The van der Waals surface area contributed by atoms with Gasteiger partial charge in [-0.05, 0) is 56.5 Å². The molecule has 0 radical (unpaired) electrons. The second-order valence-electron chi connectivity index (χ2n) is 5.69. The molecule has 0 saturated carbocycles. The zero-order valence-electron chi connectivity index (χ0n) is 12.1. The summed E-state index contributed by atoms with van der Waals surface area (Å²) in [6.07, 6.45) is 2.42. The minimum absolute atomic E-state index is 0.0368. The van der Waals surface area contributed by atoms with Crippen molar-refractivity contribution in [2.75, 3.05) is 18.4 Å². The van der Waals surface area contributed by atoms with Crippen molar-refractivity contribution in [1.29, 1.82) is 0 Å². The van der Waals surface area contributed by atoms with Gasteiger partial charge in [-0.1, -0.05) is 26.0 Å². The van der Waals surface area contributed by atoms with Gasteiger partial charge in [0, 0.05) is 5.69 Å². The highest BCUT2D eigenvalue weighted by molar-refractivity contribution is 5.94. The molecule has 1 unspecified atom stereocenters. The minimum atomic E-state index is -0.0368. The Morgan fingerprint density at radius 1 is 1.21 bits per heavy atom. The maximum absolute atomic E-state index is 12.2. The number of hydrogen-bond acceptors (Lipinski definition) is 2. The molecule has 1 aromatic rings. The van der Waals surface area contributed by atoms with Gasteiger partial charge in [0.25, 0.3) is 0 Å². The molecule has 0 aromatic heterocycles. The number of rotatable bonds is 4. The Labute approximate surface area is 116 Å². The molecule has 1 N–H and O–H groups in total. The van der Waals surface area contributed by atoms with Crippen LogP contribution in [0.5, 0.6) is 0 Å². The Bertz CT molecular complexity index is 436. The molecule has 1 amide bonds. The lowest BCUT2D eigenvalue weighted by Crippen LogP contribution is -2.40. The van der Waals surface area contributed by atoms with Crippen molar-refractivity contribution in [2.24, 2.45) is 0 Å². The summed E-state index contributed by atoms with van der Waals surface area (Å²) < 4.78 is 0. The SMILES string of the molecule is CC(C)c1cccc(NC(=O)C(C)N2CCCC2)c1. The highest BCUT2D eigenvalue weighted by Crippen LogP contribution is 2.19. The smallest absolute Gasteiger partial charge is 0.241 e. The van der Waals surface area contributed by atoms with Gasteiger partial charge in [0.2, 0.25) is 5.91 Å². The van der Waals surface area contributed by atoms with Crippen LogP contribution >= 0.6 is 0 Å². The van der Waals surface area contributed by atoms with E-state index in [4.69, 9.17) is 0 Å². The van der Waals surface area contributed by atoms with Crippen molar-refractivity contribution in [3.63, 3.8) is 0 Å². The number of nitrogens with zero attached hydrogens (tertiary/aromatic N) is 1. The van der Waals surface area contributed by atoms with E-state index in [9.17, 15) is 4.79 Å². The Morgan fingerprint density at radius 2 is 1.89 bits per heavy atom. The van der Waals surface area contributed by atoms with Gasteiger partial charge in [0.15, 0.2) is 0 Å². The third-order valence-electron chi connectivity index (χ3n) is 3.89. The predicted molar refractivity (Wildman–Crippen MR) is 79.4 cm³/mol. The van der Waals surface area contributed by atoms with Crippen LogP contribution in [0.25, 0.3) is 0 Å². The molecule has 3 heteroatoms. The van der Waals surface area contributed by atoms with Crippen LogP contribution in [0.1, 0.15) is 45.1 Å². The van der Waals surface area contributed by atoms with Gasteiger partial charge in [0.1, 0.15) is 0 Å². The Morgan fingerprint density at radius 3 is 2.53 bits per heavy atom. The molecule has 0 spiro atoms. The molecule has 3 nitrogen and oxygen atoms in total. The van der Waals surface area contributed by atoms with E-state index in [1.807, 2.05) is 19.1 Å². The molecule has 0 bridgehead atoms. The summed E-state index contributed by atoms with van der Waals surface area (Å²) in [5.41, 5.74) is 2.16. The zero-order chi connectivity index (χ0) is 13.8. The summed E-state index contributed by atoms with van der Waals surface area (Å²) >= 11 is 0. The monoisotopic (exact) mass is 260 g/mol. The Kier molecular flexibility index (Phi) is 4.59. The van der Waals surface area contributed by atoms with Crippen LogP contribution in [-0.4, -0.2) is 29.9 Å². The molecule has 1 fully saturated rings. The van der Waals surface area contributed by atoms with Crippen molar-refractivity contribution in [1.82, 2.24) is 4.90 Å². The lowest BCUT2D eigenvalue weighted by Gasteiger charge is -2.22. The summed E-state index contributed by atoms with van der Waals surface area (Å²) in [6, 6.07) is 8.10. The normalized spacial score (nSPS) is 17.7. The number of carbonyl (C=O) groups is 1. The number of nitrogens with one attached hydrogen (secondary N) is 1. The number of amides is 1. The average molecular weight is 260 g/mol. The summed E-state index contributed by atoms with van der Waals surface area (Å²) in [7, 11) is 0. The third kappa shape index (κ3) is 3.57. The minimum Gasteiger partial charge on any atom is -0.325 e. The Balaban J connectivity index is 1.99. The molecule has 1 aliphatic rings. The van der Waals surface area contributed by atoms with E-state index in [1.165, 1.54) is 18.4 Å². The standard InChI is InChI=1S/C16H24N2O/c1-12(2)14-7-6-8-15(11-14)17-16(19)13(3)18-9-4-5-10-18/h6-8,11-13H,4-5,9-10H2,1-3H3,(H,17,19). The van der Waals surface area contributed by atoms with Crippen LogP contribution in [0, 0.1) is 0 Å². The molecule has 1 heterocycles. The molecule has 104 valence electrons. The molecule has 0 aliphatic carbocycles. The number of benzene rings is 1. The van der Waals surface area contributed by atoms with E-state index in [0.717, 1.165) is 18.8 Å². The Hall–Kier alpha value is -1.35. The average Bonchev–Trinajstić information content (AvgIpc) is 2.92. The summed E-state index contributed by atoms with van der Waals surface area (Å²) in [6.45, 7) is 8.40. The largest absolute Gasteiger partial charge is 0.325 e. The van der Waals surface area contributed by atoms with Gasteiger partial charge in [-0.3, -0.25) is 9.69 Å². The third-order valence-corrected chi connectivity index (χ3v) is 3.89. The van der Waals surface area contributed by atoms with Crippen molar-refractivity contribution >= 4 is 11.6 Å². The van der Waals surface area contributed by atoms with Crippen LogP contribution in [-0.2, 0) is 4.79 Å². The first-order valence-electron chi connectivity index (χ1n) is 7.23. The molecule has 1 atom stereocenters. The van der Waals surface area contributed by atoms with Gasteiger partial charge in [0.05, 0.1) is 6.04 Å². The van der Waals surface area contributed by atoms with E-state index < -0.39 is 0 Å². The fourth-order valence-corrected chi connectivity index (χ4v) is 2.52. The maximum Gasteiger partial charge on any atom is 0.241 e. The first kappa shape index (κ1) is 14.1. The van der Waals surface area contributed by atoms with Crippen molar-refractivity contribution in [2.45, 2.75) is 45.6 Å². The number of likely N-dealkylation sites (tertiary alicyclic amines) is 1. The van der Waals surface area contributed by atoms with Crippen LogP contribution in [0.3, 0.4) is 0 Å². The van der Waals surface area contributed by atoms with E-state index >= 15 is 0 Å². The van der Waals surface area contributed by atoms with Crippen LogP contribution in [0.4, 0.5) is 5.69 Å². The van der Waals surface area contributed by atoms with E-state index in [-0.39, 0.29) is 11.9 Å². The first-order chi connectivity index (χ1) is 9.08. The highest BCUT2D eigenvalue weighted by Gasteiger charge is 2.23. The zero-order valence-corrected chi connectivity index (χ0v) is 12.1. The van der Waals surface area contributed by atoms with Crippen LogP contribution in [0.2, 0.25) is 0 Å². The van der Waals surface area contributed by atoms with Crippen LogP contribution < -0.4 is 5.32 Å². The quantitative estimate of drug-likeness (QED) is 0.901. The van der Waals surface area contributed by atoms with Gasteiger partial charge in [-0.2, -0.15) is 0 Å². The maximum atomic E-state index is 12.2. The van der Waals surface area contributed by atoms with Gasteiger partial charge in [-0.25, -0.2) is 0 Å². The molecular weight excluding hydrogens is 236 g/mol. The van der Waals surface area contributed by atoms with Crippen molar-refractivity contribution < 1.29 is 4.79 Å². The molecular formula is C16H24N2O. The lowest BCUT2D eigenvalue weighted by atomic mass is 10.0. The van der Waals surface area contributed by atoms with Gasteiger partial charge in [-0.15, -0.1) is 0 Å². The van der Waals surface area contributed by atoms with Gasteiger partial charge >= 0.3 is 0 Å². The predicted octanol–water partition coefficient (Wildman–Crippen LogP) is 3.23. The second kappa shape index (κ2) is 6.20. The number of anilines is 1. The summed E-state index contributed by atoms with van der Waals surface area (Å²) in [5.74, 6) is 0.579. The van der Waals surface area contributed by atoms with E-state index in [1.54, 1.807) is 0 Å². The van der Waals surface area contributed by atoms with Gasteiger partial charge < -0.3 is 5.32 Å². The van der Waals surface area contributed by atoms with Crippen molar-refractivity contribution in [3.8, 4) is 0 Å².